The lowest BCUT2D eigenvalue weighted by Crippen LogP contribution is -2.32. The lowest BCUT2D eigenvalue weighted by Gasteiger charge is -2.40. The molecular weight excluding hydrogens is 859 g/mol. The lowest BCUT2D eigenvalue weighted by atomic mass is 9.65. The van der Waals surface area contributed by atoms with Crippen molar-refractivity contribution < 1.29 is 4.74 Å². The Balaban J connectivity index is 0.951. The van der Waals surface area contributed by atoms with Gasteiger partial charge in [-0.05, 0) is 120 Å². The molecule has 2 nitrogen and oxygen atoms in total. The minimum absolute atomic E-state index is 0.636. The summed E-state index contributed by atoms with van der Waals surface area (Å²) in [5.74, 6) is 1.84. The Morgan fingerprint density at radius 1 is 0.268 bits per heavy atom. The third-order valence-electron chi connectivity index (χ3n) is 14.9. The van der Waals surface area contributed by atoms with E-state index in [4.69, 9.17) is 4.74 Å². The molecule has 71 heavy (non-hydrogen) atoms. The fourth-order valence-electron chi connectivity index (χ4n) is 11.7. The molecule has 0 fully saturated rings. The first-order valence-corrected chi connectivity index (χ1v) is 24.5. The zero-order valence-electron chi connectivity index (χ0n) is 38.8. The van der Waals surface area contributed by atoms with Crippen molar-refractivity contribution in [3.05, 3.63) is 295 Å². The van der Waals surface area contributed by atoms with Crippen molar-refractivity contribution in [3.63, 3.8) is 0 Å². The number of benzene rings is 12. The molecule has 0 unspecified atom stereocenters. The molecule has 0 amide bonds. The molecule has 12 aromatic rings. The molecule has 0 N–H and O–H groups in total. The first-order valence-electron chi connectivity index (χ1n) is 24.5. The minimum Gasteiger partial charge on any atom is -0.455 e. The second-order valence-electron chi connectivity index (χ2n) is 18.7. The quantitative estimate of drug-likeness (QED) is 0.158. The first kappa shape index (κ1) is 40.8. The average molecular weight is 904 g/mol. The van der Waals surface area contributed by atoms with Crippen molar-refractivity contribution in [2.24, 2.45) is 0 Å². The molecule has 12 aromatic carbocycles. The van der Waals surface area contributed by atoms with E-state index in [0.717, 1.165) is 66.8 Å². The highest BCUT2D eigenvalue weighted by atomic mass is 16.5. The van der Waals surface area contributed by atoms with Crippen molar-refractivity contribution in [1.29, 1.82) is 0 Å². The molecule has 1 spiro atoms. The predicted octanol–water partition coefficient (Wildman–Crippen LogP) is 18.6. The van der Waals surface area contributed by atoms with Crippen molar-refractivity contribution in [2.45, 2.75) is 5.41 Å². The van der Waals surface area contributed by atoms with Crippen LogP contribution in [0, 0.1) is 0 Å². The Morgan fingerprint density at radius 3 is 1.35 bits per heavy atom. The van der Waals surface area contributed by atoms with E-state index in [1.54, 1.807) is 0 Å². The molecule has 0 radical (unpaired) electrons. The highest BCUT2D eigenvalue weighted by Crippen LogP contribution is 2.65. The molecule has 0 bridgehead atoms. The van der Waals surface area contributed by atoms with E-state index < -0.39 is 5.41 Å². The smallest absolute Gasteiger partial charge is 0.140 e. The zero-order valence-corrected chi connectivity index (χ0v) is 38.8. The maximum absolute atomic E-state index is 7.25. The summed E-state index contributed by atoms with van der Waals surface area (Å²) >= 11 is 0. The van der Waals surface area contributed by atoms with Crippen LogP contribution in [-0.2, 0) is 5.41 Å². The van der Waals surface area contributed by atoms with Crippen molar-refractivity contribution in [2.75, 3.05) is 4.90 Å². The van der Waals surface area contributed by atoms with E-state index in [1.807, 2.05) is 0 Å². The van der Waals surface area contributed by atoms with E-state index in [9.17, 15) is 0 Å². The second kappa shape index (κ2) is 16.5. The van der Waals surface area contributed by atoms with Gasteiger partial charge in [-0.2, -0.15) is 0 Å². The summed E-state index contributed by atoms with van der Waals surface area (Å²) in [4.78, 5) is 2.40. The van der Waals surface area contributed by atoms with Crippen LogP contribution in [0.4, 0.5) is 17.1 Å². The summed E-state index contributed by atoms with van der Waals surface area (Å²) in [5, 5.41) is 4.55. The topological polar surface area (TPSA) is 12.5 Å². The highest BCUT2D eigenvalue weighted by molar-refractivity contribution is 6.02. The van der Waals surface area contributed by atoms with E-state index in [-0.39, 0.29) is 0 Å². The Kier molecular flexibility index (Phi) is 9.47. The fraction of sp³-hybridized carbons (Fsp3) is 0.0145. The van der Waals surface area contributed by atoms with Gasteiger partial charge in [0.05, 0.1) is 5.41 Å². The molecule has 0 atom stereocenters. The Bertz CT molecular complexity index is 3940. The normalized spacial score (nSPS) is 12.7. The van der Waals surface area contributed by atoms with Gasteiger partial charge in [-0.1, -0.05) is 231 Å². The largest absolute Gasteiger partial charge is 0.455 e. The van der Waals surface area contributed by atoms with Crippen molar-refractivity contribution in [3.8, 4) is 67.1 Å². The molecule has 1 aliphatic carbocycles. The maximum atomic E-state index is 7.25. The van der Waals surface area contributed by atoms with Gasteiger partial charge in [0.25, 0.3) is 0 Å². The van der Waals surface area contributed by atoms with E-state index in [1.165, 1.54) is 61.2 Å². The predicted molar refractivity (Wildman–Crippen MR) is 295 cm³/mol. The number of ether oxygens (including phenoxy) is 1. The van der Waals surface area contributed by atoms with Gasteiger partial charge in [0, 0.05) is 39.0 Å². The van der Waals surface area contributed by atoms with Crippen LogP contribution in [0.3, 0.4) is 0 Å². The minimum atomic E-state index is -0.636. The average Bonchev–Trinajstić information content (AvgIpc) is 3.75. The van der Waals surface area contributed by atoms with Crippen LogP contribution in [0.2, 0.25) is 0 Å². The van der Waals surface area contributed by atoms with E-state index in [2.05, 4.69) is 278 Å². The van der Waals surface area contributed by atoms with Crippen LogP contribution < -0.4 is 9.64 Å². The van der Waals surface area contributed by atoms with Gasteiger partial charge in [0.1, 0.15) is 11.5 Å². The first-order chi connectivity index (χ1) is 35.2. The Labute approximate surface area is 414 Å². The van der Waals surface area contributed by atoms with Crippen LogP contribution in [0.1, 0.15) is 22.3 Å². The van der Waals surface area contributed by atoms with Crippen LogP contribution >= 0.6 is 0 Å². The lowest BCUT2D eigenvalue weighted by molar-refractivity contribution is 0.447. The van der Waals surface area contributed by atoms with E-state index in [0.29, 0.717) is 0 Å². The van der Waals surface area contributed by atoms with Crippen LogP contribution in [-0.4, -0.2) is 0 Å². The summed E-state index contributed by atoms with van der Waals surface area (Å²) in [7, 11) is 0. The van der Waals surface area contributed by atoms with Gasteiger partial charge < -0.3 is 9.64 Å². The van der Waals surface area contributed by atoms with Gasteiger partial charge in [-0.15, -0.1) is 0 Å². The summed E-state index contributed by atoms with van der Waals surface area (Å²) in [6.45, 7) is 0. The SMILES string of the molecule is c1ccc(-c2cccc(-c3ccc(N(c4cccc(-c5ccccc5)c4)c4cccc(-c5cccc6c5-c5ccccc5C65c6ccc7ccccc7c6Oc6c5ccc5ccccc65)c4)cc3)c2)cc1. The van der Waals surface area contributed by atoms with E-state index >= 15 is 0 Å². The van der Waals surface area contributed by atoms with Crippen LogP contribution in [0.5, 0.6) is 11.5 Å². The molecule has 0 saturated heterocycles. The summed E-state index contributed by atoms with van der Waals surface area (Å²) in [6.07, 6.45) is 0. The molecule has 1 aliphatic heterocycles. The second-order valence-corrected chi connectivity index (χ2v) is 18.7. The van der Waals surface area contributed by atoms with Gasteiger partial charge in [-0.25, -0.2) is 0 Å². The zero-order chi connectivity index (χ0) is 46.9. The number of hydrogen-bond acceptors (Lipinski definition) is 2. The number of fused-ring (bicyclic) bond motifs is 13. The van der Waals surface area contributed by atoms with Crippen LogP contribution in [0.25, 0.3) is 77.2 Å². The molecular formula is C69H45NO. The molecule has 332 valence electrons. The number of anilines is 3. The Hall–Kier alpha value is -9.24. The number of rotatable bonds is 7. The summed E-state index contributed by atoms with van der Waals surface area (Å²) in [6, 6.07) is 99.6. The molecule has 14 rings (SSSR count). The van der Waals surface area contributed by atoms with Crippen LogP contribution in [0.15, 0.2) is 273 Å². The molecule has 1 heterocycles. The van der Waals surface area contributed by atoms with Gasteiger partial charge in [0.15, 0.2) is 0 Å². The maximum Gasteiger partial charge on any atom is 0.140 e. The third kappa shape index (κ3) is 6.49. The fourth-order valence-corrected chi connectivity index (χ4v) is 11.7. The molecule has 0 aromatic heterocycles. The molecule has 2 heteroatoms. The van der Waals surface area contributed by atoms with Crippen molar-refractivity contribution >= 4 is 38.6 Å². The summed E-state index contributed by atoms with van der Waals surface area (Å²) < 4.78 is 7.25. The molecule has 2 aliphatic rings. The molecule has 0 saturated carbocycles. The Morgan fingerprint density at radius 2 is 0.718 bits per heavy atom. The standard InChI is InChI=1S/C69H45NO/c1-3-17-46(18-4-1)51-23-13-24-52(43-51)48-35-39-55(40-36-48)70(56-27-14-25-53(44-56)47-19-5-2-6-20-47)57-28-15-26-54(45-57)58-32-16-34-63-66(58)61-31-11-12-33-62(61)69(63)64-41-37-49-21-7-9-29-59(49)67(64)71-68-60-30-10-8-22-50(60)38-42-65(68)69/h1-45H. The highest BCUT2D eigenvalue weighted by Gasteiger charge is 2.52. The van der Waals surface area contributed by atoms with Gasteiger partial charge >= 0.3 is 0 Å². The number of hydrogen-bond donors (Lipinski definition) is 0. The summed E-state index contributed by atoms with van der Waals surface area (Å²) in [5.41, 5.74) is 19.4. The van der Waals surface area contributed by atoms with Gasteiger partial charge in [0.2, 0.25) is 0 Å². The third-order valence-corrected chi connectivity index (χ3v) is 14.9. The van der Waals surface area contributed by atoms with Gasteiger partial charge in [-0.3, -0.25) is 0 Å². The number of nitrogens with zero attached hydrogens (tertiary/aromatic N) is 1. The van der Waals surface area contributed by atoms with Crippen molar-refractivity contribution in [1.82, 2.24) is 0 Å². The monoisotopic (exact) mass is 903 g/mol.